The molecule has 6 heteroatoms. The van der Waals surface area contributed by atoms with Crippen molar-refractivity contribution in [1.29, 1.82) is 0 Å². The molecular formula is C27H25N3O2S. The summed E-state index contributed by atoms with van der Waals surface area (Å²) in [7, 11) is 0. The lowest BCUT2D eigenvalue weighted by Gasteiger charge is -2.16. The fourth-order valence-electron chi connectivity index (χ4n) is 4.18. The van der Waals surface area contributed by atoms with Gasteiger partial charge in [-0.25, -0.2) is 4.98 Å². The van der Waals surface area contributed by atoms with Crippen LogP contribution in [0.1, 0.15) is 24.0 Å². The lowest BCUT2D eigenvalue weighted by Crippen LogP contribution is -2.24. The van der Waals surface area contributed by atoms with Gasteiger partial charge in [0.2, 0.25) is 5.91 Å². The molecule has 0 spiro atoms. The summed E-state index contributed by atoms with van der Waals surface area (Å²) in [4.78, 5) is 31.9. The third-order valence-corrected chi connectivity index (χ3v) is 7.03. The third-order valence-electron chi connectivity index (χ3n) is 5.98. The number of aromatic nitrogens is 2. The van der Waals surface area contributed by atoms with Crippen molar-refractivity contribution in [2.75, 3.05) is 11.4 Å². The van der Waals surface area contributed by atoms with Crippen LogP contribution in [0.25, 0.3) is 10.9 Å². The van der Waals surface area contributed by atoms with Crippen LogP contribution in [0.3, 0.4) is 0 Å². The molecule has 166 valence electrons. The first-order valence-corrected chi connectivity index (χ1v) is 12.2. The smallest absolute Gasteiger partial charge is 0.262 e. The van der Waals surface area contributed by atoms with Gasteiger partial charge in [0.25, 0.3) is 5.56 Å². The van der Waals surface area contributed by atoms with Crippen molar-refractivity contribution >= 4 is 34.3 Å². The SMILES string of the molecule is O=C1CCCN1c1ccc(CSc2nc3ccccc3c(=O)n2CCc2ccccc2)cc1. The fraction of sp³-hybridized carbons (Fsp3) is 0.222. The Labute approximate surface area is 197 Å². The maximum atomic E-state index is 13.3. The molecule has 2 heterocycles. The van der Waals surface area contributed by atoms with Gasteiger partial charge in [-0.1, -0.05) is 66.4 Å². The summed E-state index contributed by atoms with van der Waals surface area (Å²) in [6.07, 6.45) is 2.32. The van der Waals surface area contributed by atoms with Crippen molar-refractivity contribution in [2.24, 2.45) is 0 Å². The first-order chi connectivity index (χ1) is 16.2. The van der Waals surface area contributed by atoms with E-state index in [4.69, 9.17) is 4.98 Å². The van der Waals surface area contributed by atoms with Gasteiger partial charge in [0.1, 0.15) is 0 Å². The number of anilines is 1. The average molecular weight is 456 g/mol. The van der Waals surface area contributed by atoms with E-state index in [0.717, 1.165) is 41.3 Å². The minimum absolute atomic E-state index is 0.00178. The minimum Gasteiger partial charge on any atom is -0.312 e. The summed E-state index contributed by atoms with van der Waals surface area (Å²) in [5, 5.41) is 1.38. The molecule has 1 fully saturated rings. The predicted molar refractivity (Wildman–Crippen MR) is 134 cm³/mol. The van der Waals surface area contributed by atoms with Crippen molar-refractivity contribution in [3.8, 4) is 0 Å². The van der Waals surface area contributed by atoms with Gasteiger partial charge in [-0.15, -0.1) is 0 Å². The topological polar surface area (TPSA) is 55.2 Å². The molecule has 3 aromatic carbocycles. The van der Waals surface area contributed by atoms with Crippen LogP contribution < -0.4 is 10.5 Å². The van der Waals surface area contributed by atoms with Crippen molar-refractivity contribution in [3.05, 3.63) is 100 Å². The Balaban J connectivity index is 1.38. The van der Waals surface area contributed by atoms with Gasteiger partial charge in [-0.05, 0) is 48.2 Å². The molecule has 5 rings (SSSR count). The van der Waals surface area contributed by atoms with E-state index in [9.17, 15) is 9.59 Å². The summed E-state index contributed by atoms with van der Waals surface area (Å²) in [6, 6.07) is 25.9. The van der Waals surface area contributed by atoms with Crippen molar-refractivity contribution in [2.45, 2.75) is 36.7 Å². The molecule has 1 aliphatic rings. The van der Waals surface area contributed by atoms with Gasteiger partial charge < -0.3 is 4.90 Å². The summed E-state index contributed by atoms with van der Waals surface area (Å²) in [5.41, 5.74) is 4.01. The lowest BCUT2D eigenvalue weighted by molar-refractivity contribution is -0.117. The van der Waals surface area contributed by atoms with Gasteiger partial charge in [-0.3, -0.25) is 14.2 Å². The van der Waals surface area contributed by atoms with Crippen molar-refractivity contribution < 1.29 is 4.79 Å². The average Bonchev–Trinajstić information content (AvgIpc) is 3.29. The van der Waals surface area contributed by atoms with Gasteiger partial charge in [0.05, 0.1) is 10.9 Å². The number of hydrogen-bond acceptors (Lipinski definition) is 4. The number of carbonyl (C=O) groups excluding carboxylic acids is 1. The molecule has 0 bridgehead atoms. The molecule has 1 amide bonds. The van der Waals surface area contributed by atoms with E-state index in [1.54, 1.807) is 16.3 Å². The van der Waals surface area contributed by atoms with E-state index in [-0.39, 0.29) is 11.5 Å². The quantitative estimate of drug-likeness (QED) is 0.289. The van der Waals surface area contributed by atoms with Crippen LogP contribution in [0, 0.1) is 0 Å². The van der Waals surface area contributed by atoms with Crippen LogP contribution in [-0.2, 0) is 23.5 Å². The third kappa shape index (κ3) is 4.71. The van der Waals surface area contributed by atoms with Crippen molar-refractivity contribution in [1.82, 2.24) is 9.55 Å². The Hall–Kier alpha value is -3.38. The first-order valence-electron chi connectivity index (χ1n) is 11.2. The largest absolute Gasteiger partial charge is 0.312 e. The zero-order chi connectivity index (χ0) is 22.6. The van der Waals surface area contributed by atoms with Gasteiger partial charge >= 0.3 is 0 Å². The Kier molecular flexibility index (Phi) is 6.26. The first kappa shape index (κ1) is 21.5. The fourth-order valence-corrected chi connectivity index (χ4v) is 5.16. The molecule has 1 saturated heterocycles. The normalized spacial score (nSPS) is 13.7. The van der Waals surface area contributed by atoms with E-state index in [2.05, 4.69) is 24.3 Å². The Bertz CT molecular complexity index is 1330. The molecule has 1 aromatic heterocycles. The molecule has 0 aliphatic carbocycles. The number of benzene rings is 3. The number of fused-ring (bicyclic) bond motifs is 1. The maximum absolute atomic E-state index is 13.3. The summed E-state index contributed by atoms with van der Waals surface area (Å²) >= 11 is 1.57. The van der Waals surface area contributed by atoms with E-state index >= 15 is 0 Å². The van der Waals surface area contributed by atoms with Crippen LogP contribution in [0.4, 0.5) is 5.69 Å². The second-order valence-corrected chi connectivity index (χ2v) is 9.15. The highest BCUT2D eigenvalue weighted by atomic mass is 32.2. The molecule has 4 aromatic rings. The molecule has 0 saturated carbocycles. The van der Waals surface area contributed by atoms with E-state index in [1.165, 1.54) is 5.56 Å². The van der Waals surface area contributed by atoms with Gasteiger partial charge in [0.15, 0.2) is 5.16 Å². The highest BCUT2D eigenvalue weighted by Crippen LogP contribution is 2.26. The van der Waals surface area contributed by atoms with Crippen LogP contribution in [0.2, 0.25) is 0 Å². The van der Waals surface area contributed by atoms with Gasteiger partial charge in [-0.2, -0.15) is 0 Å². The Morgan fingerprint density at radius 3 is 2.36 bits per heavy atom. The number of thioether (sulfide) groups is 1. The summed E-state index contributed by atoms with van der Waals surface area (Å²) < 4.78 is 1.80. The predicted octanol–water partition coefficient (Wildman–Crippen LogP) is 5.06. The highest BCUT2D eigenvalue weighted by Gasteiger charge is 2.21. The molecule has 0 radical (unpaired) electrons. The number of aryl methyl sites for hydroxylation is 1. The monoisotopic (exact) mass is 455 g/mol. The highest BCUT2D eigenvalue weighted by molar-refractivity contribution is 7.98. The molecule has 0 N–H and O–H groups in total. The number of rotatable bonds is 7. The van der Waals surface area contributed by atoms with Gasteiger partial charge in [0, 0.05) is 31.0 Å². The molecule has 0 atom stereocenters. The molecule has 0 unspecified atom stereocenters. The molecule has 33 heavy (non-hydrogen) atoms. The van der Waals surface area contributed by atoms with Crippen LogP contribution in [0.15, 0.2) is 88.8 Å². The summed E-state index contributed by atoms with van der Waals surface area (Å²) in [5.74, 6) is 0.893. The van der Waals surface area contributed by atoms with Crippen LogP contribution in [-0.4, -0.2) is 22.0 Å². The minimum atomic E-state index is 0.00178. The Morgan fingerprint density at radius 2 is 1.61 bits per heavy atom. The number of amides is 1. The molecular weight excluding hydrogens is 430 g/mol. The lowest BCUT2D eigenvalue weighted by atomic mass is 10.1. The van der Waals surface area contributed by atoms with Crippen LogP contribution >= 0.6 is 11.8 Å². The maximum Gasteiger partial charge on any atom is 0.262 e. The number of hydrogen-bond donors (Lipinski definition) is 0. The van der Waals surface area contributed by atoms with E-state index < -0.39 is 0 Å². The van der Waals surface area contributed by atoms with E-state index in [0.29, 0.717) is 24.1 Å². The second-order valence-electron chi connectivity index (χ2n) is 8.21. The number of para-hydroxylation sites is 1. The standard InChI is InChI=1S/C27H25N3O2S/c31-25-11-6-17-29(25)22-14-12-21(13-15-22)19-33-27-28-24-10-5-4-9-23(24)26(32)30(27)18-16-20-7-2-1-3-8-20/h1-5,7-10,12-15H,6,11,16-19H2. The zero-order valence-electron chi connectivity index (χ0n) is 18.3. The number of nitrogens with zero attached hydrogens (tertiary/aromatic N) is 3. The second kappa shape index (κ2) is 9.63. The van der Waals surface area contributed by atoms with E-state index in [1.807, 2.05) is 59.5 Å². The zero-order valence-corrected chi connectivity index (χ0v) is 19.1. The number of carbonyl (C=O) groups is 1. The van der Waals surface area contributed by atoms with Crippen molar-refractivity contribution in [3.63, 3.8) is 0 Å². The molecule has 5 nitrogen and oxygen atoms in total. The summed E-state index contributed by atoms with van der Waals surface area (Å²) in [6.45, 7) is 1.38. The molecule has 1 aliphatic heterocycles. The Morgan fingerprint density at radius 1 is 0.848 bits per heavy atom. The van der Waals surface area contributed by atoms with Crippen LogP contribution in [0.5, 0.6) is 0 Å².